The maximum Gasteiger partial charge on any atom is 0.235 e. The van der Waals surface area contributed by atoms with Crippen molar-refractivity contribution in [1.82, 2.24) is 0 Å². The van der Waals surface area contributed by atoms with Gasteiger partial charge >= 0.3 is 0 Å². The van der Waals surface area contributed by atoms with Gasteiger partial charge in [0.05, 0.1) is 0 Å². The average molecular weight is 260 g/mol. The van der Waals surface area contributed by atoms with Crippen molar-refractivity contribution >= 4 is 46.4 Å². The van der Waals surface area contributed by atoms with Crippen LogP contribution in [0, 0.1) is 0 Å². The minimum atomic E-state index is -2.02. The zero-order valence-electron chi connectivity index (χ0n) is 6.35. The summed E-state index contributed by atoms with van der Waals surface area (Å²) in [5, 5.41) is 8.67. The monoisotopic (exact) mass is 258 g/mol. The minimum Gasteiger partial charge on any atom is -0.361 e. The van der Waals surface area contributed by atoms with E-state index in [9.17, 15) is 5.11 Å². The van der Waals surface area contributed by atoms with Gasteiger partial charge in [0, 0.05) is 5.02 Å². The van der Waals surface area contributed by atoms with Gasteiger partial charge in [-0.25, -0.2) is 0 Å². The number of hydrogen-bond acceptors (Lipinski definition) is 1. The largest absolute Gasteiger partial charge is 0.361 e. The lowest BCUT2D eigenvalue weighted by Gasteiger charge is -2.19. The van der Waals surface area contributed by atoms with Gasteiger partial charge < -0.3 is 5.11 Å². The lowest BCUT2D eigenvalue weighted by Crippen LogP contribution is -2.18. The smallest absolute Gasteiger partial charge is 0.235 e. The first-order chi connectivity index (χ1) is 5.93. The molecule has 0 saturated carbocycles. The summed E-state index contributed by atoms with van der Waals surface area (Å²) < 4.78 is -2.02. The van der Waals surface area contributed by atoms with Crippen molar-refractivity contribution in [2.45, 2.75) is 9.90 Å². The van der Waals surface area contributed by atoms with Crippen LogP contribution >= 0.6 is 46.4 Å². The van der Waals surface area contributed by atoms with Crippen molar-refractivity contribution in [2.24, 2.45) is 0 Å². The summed E-state index contributed by atoms with van der Waals surface area (Å²) in [5.74, 6) is 0. The van der Waals surface area contributed by atoms with E-state index >= 15 is 0 Å². The second-order valence-corrected chi connectivity index (χ2v) is 4.66. The van der Waals surface area contributed by atoms with E-state index in [0.717, 1.165) is 0 Å². The number of hydrogen-bond donors (Lipinski definition) is 1. The van der Waals surface area contributed by atoms with Crippen molar-refractivity contribution in [3.05, 3.63) is 34.9 Å². The predicted molar refractivity (Wildman–Crippen MR) is 56.7 cm³/mol. The molecule has 1 atom stereocenters. The Labute approximate surface area is 96.2 Å². The molecule has 5 heteroatoms. The molecule has 1 N–H and O–H groups in total. The Morgan fingerprint density at radius 3 is 2.23 bits per heavy atom. The van der Waals surface area contributed by atoms with Gasteiger partial charge in [-0.1, -0.05) is 53.0 Å². The van der Waals surface area contributed by atoms with Crippen molar-refractivity contribution in [3.63, 3.8) is 0 Å². The lowest BCUT2D eigenvalue weighted by atomic mass is 10.1. The SMILES string of the molecule is OC(Cl)(Cl)C(Cl)c1ccccc1Cl. The normalized spacial score (nSPS) is 14.2. The number of alkyl halides is 3. The molecule has 0 aromatic heterocycles. The molecular weight excluding hydrogens is 254 g/mol. The molecule has 1 aromatic carbocycles. The Bertz CT molecular complexity index is 294. The maximum atomic E-state index is 9.20. The van der Waals surface area contributed by atoms with E-state index in [2.05, 4.69) is 0 Å². The van der Waals surface area contributed by atoms with Crippen LogP contribution in [0.25, 0.3) is 0 Å². The van der Waals surface area contributed by atoms with Crippen LogP contribution in [0.4, 0.5) is 0 Å². The third kappa shape index (κ3) is 2.90. The molecule has 0 spiro atoms. The molecule has 0 aliphatic carbocycles. The molecule has 1 aromatic rings. The Morgan fingerprint density at radius 1 is 1.23 bits per heavy atom. The van der Waals surface area contributed by atoms with Gasteiger partial charge in [0.1, 0.15) is 5.38 Å². The van der Waals surface area contributed by atoms with Crippen molar-refractivity contribution in [2.75, 3.05) is 0 Å². The summed E-state index contributed by atoms with van der Waals surface area (Å²) in [7, 11) is 0. The van der Waals surface area contributed by atoms with E-state index in [4.69, 9.17) is 46.4 Å². The highest BCUT2D eigenvalue weighted by molar-refractivity contribution is 6.51. The van der Waals surface area contributed by atoms with Crippen LogP contribution in [0.5, 0.6) is 0 Å². The van der Waals surface area contributed by atoms with E-state index in [1.807, 2.05) is 0 Å². The highest BCUT2D eigenvalue weighted by Gasteiger charge is 2.33. The second-order valence-electron chi connectivity index (χ2n) is 2.47. The topological polar surface area (TPSA) is 20.2 Å². The first kappa shape index (κ1) is 11.4. The van der Waals surface area contributed by atoms with E-state index in [1.165, 1.54) is 0 Å². The van der Waals surface area contributed by atoms with Crippen LogP contribution in [0.3, 0.4) is 0 Å². The lowest BCUT2D eigenvalue weighted by molar-refractivity contribution is 0.209. The van der Waals surface area contributed by atoms with Crippen molar-refractivity contribution < 1.29 is 5.11 Å². The standard InChI is InChI=1S/C8H6Cl4O/c9-6-4-2-1-3-5(6)7(10)8(11,12)13/h1-4,7,13H. The summed E-state index contributed by atoms with van der Waals surface area (Å²) in [6, 6.07) is 6.77. The molecule has 0 amide bonds. The summed E-state index contributed by atoms with van der Waals surface area (Å²) in [6.07, 6.45) is 0. The molecule has 1 unspecified atom stereocenters. The molecule has 1 nitrogen and oxygen atoms in total. The van der Waals surface area contributed by atoms with Gasteiger partial charge in [0.25, 0.3) is 0 Å². The summed E-state index contributed by atoms with van der Waals surface area (Å²) in [4.78, 5) is 0. The van der Waals surface area contributed by atoms with Crippen LogP contribution in [0.15, 0.2) is 24.3 Å². The van der Waals surface area contributed by atoms with Crippen LogP contribution in [-0.2, 0) is 0 Å². The number of rotatable bonds is 2. The van der Waals surface area contributed by atoms with Crippen LogP contribution in [0.2, 0.25) is 5.02 Å². The zero-order valence-corrected chi connectivity index (χ0v) is 9.37. The fraction of sp³-hybridized carbons (Fsp3) is 0.250. The quantitative estimate of drug-likeness (QED) is 0.803. The third-order valence-corrected chi connectivity index (χ3v) is 3.04. The molecule has 0 radical (unpaired) electrons. The zero-order chi connectivity index (χ0) is 10.1. The molecule has 0 bridgehead atoms. The second kappa shape index (κ2) is 4.24. The van der Waals surface area contributed by atoms with Gasteiger partial charge in [0.2, 0.25) is 4.52 Å². The van der Waals surface area contributed by atoms with E-state index in [1.54, 1.807) is 24.3 Å². The third-order valence-electron chi connectivity index (χ3n) is 1.48. The Morgan fingerprint density at radius 2 is 1.77 bits per heavy atom. The molecule has 13 heavy (non-hydrogen) atoms. The van der Waals surface area contributed by atoms with Gasteiger partial charge in [-0.2, -0.15) is 0 Å². The fourth-order valence-corrected chi connectivity index (χ4v) is 1.59. The molecule has 0 aliphatic heterocycles. The van der Waals surface area contributed by atoms with Gasteiger partial charge in [-0.05, 0) is 11.6 Å². The van der Waals surface area contributed by atoms with E-state index < -0.39 is 9.90 Å². The predicted octanol–water partition coefficient (Wildman–Crippen LogP) is 3.74. The van der Waals surface area contributed by atoms with Gasteiger partial charge in [-0.15, -0.1) is 11.6 Å². The fourth-order valence-electron chi connectivity index (χ4n) is 0.868. The molecular formula is C8H6Cl4O. The Balaban J connectivity index is 3.02. The molecule has 0 aliphatic rings. The van der Waals surface area contributed by atoms with Crippen LogP contribution < -0.4 is 0 Å². The summed E-state index contributed by atoms with van der Waals surface area (Å²) >= 11 is 22.4. The summed E-state index contributed by atoms with van der Waals surface area (Å²) in [5.41, 5.74) is 0.498. The highest BCUT2D eigenvalue weighted by atomic mass is 35.5. The van der Waals surface area contributed by atoms with Crippen LogP contribution in [0.1, 0.15) is 10.9 Å². The first-order valence-electron chi connectivity index (χ1n) is 3.41. The average Bonchev–Trinajstić information content (AvgIpc) is 2.02. The number of benzene rings is 1. The van der Waals surface area contributed by atoms with E-state index in [-0.39, 0.29) is 0 Å². The Hall–Kier alpha value is 0.340. The summed E-state index contributed by atoms with van der Waals surface area (Å²) in [6.45, 7) is 0. The Kier molecular flexibility index (Phi) is 3.73. The number of aliphatic hydroxyl groups is 1. The van der Waals surface area contributed by atoms with Gasteiger partial charge in [0.15, 0.2) is 0 Å². The van der Waals surface area contributed by atoms with E-state index in [0.29, 0.717) is 10.6 Å². The molecule has 72 valence electrons. The highest BCUT2D eigenvalue weighted by Crippen LogP contribution is 2.41. The number of halogens is 4. The molecule has 0 saturated heterocycles. The maximum absolute atomic E-state index is 9.20. The van der Waals surface area contributed by atoms with Crippen molar-refractivity contribution in [1.29, 1.82) is 0 Å². The molecule has 0 heterocycles. The minimum absolute atomic E-state index is 0.419. The first-order valence-corrected chi connectivity index (χ1v) is 4.98. The molecule has 1 rings (SSSR count). The van der Waals surface area contributed by atoms with Crippen molar-refractivity contribution in [3.8, 4) is 0 Å². The molecule has 0 fully saturated rings. The van der Waals surface area contributed by atoms with Crippen LogP contribution in [-0.4, -0.2) is 9.63 Å². The van der Waals surface area contributed by atoms with Gasteiger partial charge in [-0.3, -0.25) is 0 Å².